The highest BCUT2D eigenvalue weighted by atomic mass is 35.5. The van der Waals surface area contributed by atoms with Gasteiger partial charge in [-0.05, 0) is 30.2 Å². The second-order valence-corrected chi connectivity index (χ2v) is 6.63. The molecule has 2 aromatic rings. The molecular weight excluding hydrogens is 299 g/mol. The standard InChI is InChI=1S/C15H14Cl2OS/c1-11-5-2-3-6-12(11)9-19(18)10-13-14(16)7-4-8-15(13)17/h2-8H,9-10H2,1H3/t19-/m1/s1. The monoisotopic (exact) mass is 312 g/mol. The van der Waals surface area contributed by atoms with Crippen LogP contribution < -0.4 is 0 Å². The molecule has 0 aliphatic carbocycles. The number of hydrogen-bond donors (Lipinski definition) is 0. The maximum absolute atomic E-state index is 12.2. The van der Waals surface area contributed by atoms with Gasteiger partial charge in [0.15, 0.2) is 0 Å². The van der Waals surface area contributed by atoms with Gasteiger partial charge >= 0.3 is 0 Å². The predicted molar refractivity (Wildman–Crippen MR) is 83.2 cm³/mol. The highest BCUT2D eigenvalue weighted by Crippen LogP contribution is 2.26. The molecule has 0 heterocycles. The van der Waals surface area contributed by atoms with Crippen molar-refractivity contribution in [3.63, 3.8) is 0 Å². The molecule has 0 spiro atoms. The van der Waals surface area contributed by atoms with Crippen LogP contribution >= 0.6 is 23.2 Å². The molecule has 0 aliphatic rings. The first-order chi connectivity index (χ1) is 9.08. The van der Waals surface area contributed by atoms with Crippen LogP contribution in [0.15, 0.2) is 42.5 Å². The predicted octanol–water partition coefficient (Wildman–Crippen LogP) is 4.75. The van der Waals surface area contributed by atoms with Crippen LogP contribution in [0.3, 0.4) is 0 Å². The van der Waals surface area contributed by atoms with Crippen molar-refractivity contribution in [2.45, 2.75) is 18.4 Å². The van der Waals surface area contributed by atoms with E-state index in [0.29, 0.717) is 21.6 Å². The van der Waals surface area contributed by atoms with Crippen molar-refractivity contribution in [1.82, 2.24) is 0 Å². The van der Waals surface area contributed by atoms with Crippen molar-refractivity contribution in [1.29, 1.82) is 0 Å². The number of halogens is 2. The summed E-state index contributed by atoms with van der Waals surface area (Å²) in [6.45, 7) is 2.02. The second kappa shape index (κ2) is 6.56. The Kier molecular flexibility index (Phi) is 5.03. The maximum Gasteiger partial charge on any atom is 0.0518 e. The summed E-state index contributed by atoms with van der Waals surface area (Å²) in [4.78, 5) is 0. The van der Waals surface area contributed by atoms with E-state index in [9.17, 15) is 4.21 Å². The molecule has 1 nitrogen and oxygen atoms in total. The summed E-state index contributed by atoms with van der Waals surface area (Å²) in [5.74, 6) is 0.904. The Labute approximate surface area is 126 Å². The third kappa shape index (κ3) is 3.82. The average molecular weight is 313 g/mol. The normalized spacial score (nSPS) is 12.4. The first-order valence-electron chi connectivity index (χ1n) is 5.90. The minimum atomic E-state index is -1.02. The summed E-state index contributed by atoms with van der Waals surface area (Å²) < 4.78 is 12.2. The van der Waals surface area contributed by atoms with Crippen LogP contribution in [0.25, 0.3) is 0 Å². The van der Waals surface area contributed by atoms with Gasteiger partial charge in [-0.2, -0.15) is 0 Å². The second-order valence-electron chi connectivity index (χ2n) is 4.36. The summed E-state index contributed by atoms with van der Waals surface area (Å²) in [7, 11) is -1.02. The molecule has 1 atom stereocenters. The largest absolute Gasteiger partial charge is 0.259 e. The van der Waals surface area contributed by atoms with Crippen molar-refractivity contribution >= 4 is 34.0 Å². The smallest absolute Gasteiger partial charge is 0.0518 e. The number of hydrogen-bond acceptors (Lipinski definition) is 1. The third-order valence-corrected chi connectivity index (χ3v) is 4.90. The zero-order valence-electron chi connectivity index (χ0n) is 10.5. The zero-order chi connectivity index (χ0) is 13.8. The van der Waals surface area contributed by atoms with Crippen molar-refractivity contribution in [2.75, 3.05) is 0 Å². The Balaban J connectivity index is 2.12. The molecule has 19 heavy (non-hydrogen) atoms. The first-order valence-corrected chi connectivity index (χ1v) is 8.14. The van der Waals surface area contributed by atoms with E-state index in [4.69, 9.17) is 23.2 Å². The SMILES string of the molecule is Cc1ccccc1C[S@@](=O)Cc1c(Cl)cccc1Cl. The summed E-state index contributed by atoms with van der Waals surface area (Å²) in [6, 6.07) is 13.3. The Morgan fingerprint density at radius 2 is 1.58 bits per heavy atom. The topological polar surface area (TPSA) is 17.1 Å². The van der Waals surface area contributed by atoms with Gasteiger partial charge in [-0.15, -0.1) is 0 Å². The molecule has 0 unspecified atom stereocenters. The fourth-order valence-corrected chi connectivity index (χ4v) is 3.92. The number of aryl methyl sites for hydroxylation is 1. The van der Waals surface area contributed by atoms with E-state index in [1.165, 1.54) is 0 Å². The number of rotatable bonds is 4. The average Bonchev–Trinajstić information content (AvgIpc) is 2.37. The van der Waals surface area contributed by atoms with E-state index in [-0.39, 0.29) is 0 Å². The van der Waals surface area contributed by atoms with E-state index < -0.39 is 10.8 Å². The molecule has 0 N–H and O–H groups in total. The Hall–Kier alpha value is -0.830. The van der Waals surface area contributed by atoms with Crippen molar-refractivity contribution in [3.05, 3.63) is 69.2 Å². The third-order valence-electron chi connectivity index (χ3n) is 2.94. The Morgan fingerprint density at radius 1 is 0.947 bits per heavy atom. The minimum Gasteiger partial charge on any atom is -0.259 e. The molecule has 0 aliphatic heterocycles. The molecule has 0 fully saturated rings. The van der Waals surface area contributed by atoms with Gasteiger partial charge in [0.2, 0.25) is 0 Å². The number of benzene rings is 2. The molecule has 0 bridgehead atoms. The summed E-state index contributed by atoms with van der Waals surface area (Å²) in [5, 5.41) is 1.15. The van der Waals surface area contributed by atoms with Gasteiger partial charge in [0.05, 0.1) is 5.75 Å². The molecule has 4 heteroatoms. The zero-order valence-corrected chi connectivity index (χ0v) is 12.9. The molecular formula is C15H14Cl2OS. The molecule has 0 amide bonds. The van der Waals surface area contributed by atoms with Gasteiger partial charge in [-0.25, -0.2) is 0 Å². The lowest BCUT2D eigenvalue weighted by atomic mass is 10.1. The van der Waals surface area contributed by atoms with Crippen LogP contribution in [-0.2, 0) is 22.3 Å². The van der Waals surface area contributed by atoms with E-state index in [1.54, 1.807) is 18.2 Å². The quantitative estimate of drug-likeness (QED) is 0.796. The van der Waals surface area contributed by atoms with E-state index in [1.807, 2.05) is 31.2 Å². The Bertz CT molecular complexity index is 591. The minimum absolute atomic E-state index is 0.382. The van der Waals surface area contributed by atoms with Crippen LogP contribution in [0.4, 0.5) is 0 Å². The molecule has 0 radical (unpaired) electrons. The van der Waals surface area contributed by atoms with Crippen LogP contribution in [0, 0.1) is 6.92 Å². The summed E-state index contributed by atoms with van der Waals surface area (Å²) in [6.07, 6.45) is 0. The van der Waals surface area contributed by atoms with Crippen molar-refractivity contribution < 1.29 is 4.21 Å². The van der Waals surface area contributed by atoms with E-state index >= 15 is 0 Å². The maximum atomic E-state index is 12.2. The van der Waals surface area contributed by atoms with E-state index in [2.05, 4.69) is 0 Å². The van der Waals surface area contributed by atoms with E-state index in [0.717, 1.165) is 16.7 Å². The van der Waals surface area contributed by atoms with Crippen LogP contribution in [0.2, 0.25) is 10.0 Å². The van der Waals surface area contributed by atoms with Crippen LogP contribution in [-0.4, -0.2) is 4.21 Å². The lowest BCUT2D eigenvalue weighted by Crippen LogP contribution is -2.02. The van der Waals surface area contributed by atoms with Crippen molar-refractivity contribution in [2.24, 2.45) is 0 Å². The molecule has 100 valence electrons. The van der Waals surface area contributed by atoms with Crippen LogP contribution in [0.5, 0.6) is 0 Å². The fourth-order valence-electron chi connectivity index (χ4n) is 1.83. The van der Waals surface area contributed by atoms with Gasteiger partial charge in [0.1, 0.15) is 0 Å². The molecule has 0 saturated heterocycles. The molecule has 2 rings (SSSR count). The highest BCUT2D eigenvalue weighted by Gasteiger charge is 2.11. The molecule has 2 aromatic carbocycles. The lowest BCUT2D eigenvalue weighted by molar-refractivity contribution is 0.682. The molecule has 0 aromatic heterocycles. The highest BCUT2D eigenvalue weighted by molar-refractivity contribution is 7.83. The Morgan fingerprint density at radius 3 is 2.21 bits per heavy atom. The fraction of sp³-hybridized carbons (Fsp3) is 0.200. The molecule has 0 saturated carbocycles. The van der Waals surface area contributed by atoms with Crippen LogP contribution in [0.1, 0.15) is 16.7 Å². The summed E-state index contributed by atoms with van der Waals surface area (Å²) >= 11 is 12.2. The van der Waals surface area contributed by atoms with Gasteiger partial charge in [-0.1, -0.05) is 53.5 Å². The van der Waals surface area contributed by atoms with Gasteiger partial charge in [0, 0.05) is 32.2 Å². The lowest BCUT2D eigenvalue weighted by Gasteiger charge is -2.08. The van der Waals surface area contributed by atoms with Crippen molar-refractivity contribution in [3.8, 4) is 0 Å². The van der Waals surface area contributed by atoms with Gasteiger partial charge in [-0.3, -0.25) is 4.21 Å². The van der Waals surface area contributed by atoms with Gasteiger partial charge in [0.25, 0.3) is 0 Å². The first kappa shape index (κ1) is 14.6. The van der Waals surface area contributed by atoms with Gasteiger partial charge < -0.3 is 0 Å². The summed E-state index contributed by atoms with van der Waals surface area (Å²) in [5.41, 5.74) is 3.02.